The monoisotopic (exact) mass is 385 g/mol. The lowest BCUT2D eigenvalue weighted by molar-refractivity contribution is -0.140. The lowest BCUT2D eigenvalue weighted by atomic mass is 9.97. The molecule has 1 amide bonds. The summed E-state index contributed by atoms with van der Waals surface area (Å²) < 4.78 is 4.64. The second-order valence-corrected chi connectivity index (χ2v) is 7.53. The highest BCUT2D eigenvalue weighted by Gasteiger charge is 2.20. The Morgan fingerprint density at radius 3 is 2.00 bits per heavy atom. The van der Waals surface area contributed by atoms with Crippen LogP contribution in [0.25, 0.3) is 0 Å². The normalized spacial score (nSPS) is 13.2. The summed E-state index contributed by atoms with van der Waals surface area (Å²) in [5, 5.41) is 13.5. The number of rotatable bonds is 18. The van der Waals surface area contributed by atoms with Crippen molar-refractivity contribution >= 4 is 11.9 Å². The van der Waals surface area contributed by atoms with E-state index < -0.39 is 6.10 Å². The standard InChI is InChI=1S/C22H43NO4/c1-4-6-7-8-11-14-17-20(24)19(23-21(25)5-2)16-13-10-9-12-15-18-22(26)27-3/h19-20,24H,4-18H2,1-3H3,(H,23,25). The zero-order valence-electron chi connectivity index (χ0n) is 17.9. The molecule has 0 fully saturated rings. The van der Waals surface area contributed by atoms with Gasteiger partial charge in [0.1, 0.15) is 0 Å². The molecule has 0 aliphatic carbocycles. The second-order valence-electron chi connectivity index (χ2n) is 7.53. The predicted molar refractivity (Wildman–Crippen MR) is 111 cm³/mol. The maximum Gasteiger partial charge on any atom is 0.305 e. The average molecular weight is 386 g/mol. The largest absolute Gasteiger partial charge is 0.469 e. The lowest BCUT2D eigenvalue weighted by Gasteiger charge is -2.24. The molecule has 0 aromatic rings. The van der Waals surface area contributed by atoms with E-state index in [4.69, 9.17) is 0 Å². The Labute approximate surface area is 166 Å². The molecule has 0 spiro atoms. The van der Waals surface area contributed by atoms with Crippen LogP contribution in [0.4, 0.5) is 0 Å². The summed E-state index contributed by atoms with van der Waals surface area (Å²) in [7, 11) is 1.42. The molecule has 0 aromatic heterocycles. The van der Waals surface area contributed by atoms with Crippen LogP contribution in [-0.4, -0.2) is 36.2 Å². The number of ether oxygens (including phenoxy) is 1. The number of unbranched alkanes of at least 4 members (excludes halogenated alkanes) is 9. The van der Waals surface area contributed by atoms with E-state index in [1.54, 1.807) is 0 Å². The minimum Gasteiger partial charge on any atom is -0.469 e. The van der Waals surface area contributed by atoms with Gasteiger partial charge in [-0.3, -0.25) is 9.59 Å². The molecule has 0 aromatic carbocycles. The Bertz CT molecular complexity index is 373. The first-order valence-electron chi connectivity index (χ1n) is 11.1. The fourth-order valence-electron chi connectivity index (χ4n) is 3.27. The highest BCUT2D eigenvalue weighted by atomic mass is 16.5. The minimum atomic E-state index is -0.453. The fourth-order valence-corrected chi connectivity index (χ4v) is 3.27. The molecule has 0 saturated carbocycles. The molecule has 0 heterocycles. The van der Waals surface area contributed by atoms with Crippen LogP contribution in [0.5, 0.6) is 0 Å². The smallest absolute Gasteiger partial charge is 0.305 e. The van der Waals surface area contributed by atoms with Crippen molar-refractivity contribution in [2.24, 2.45) is 0 Å². The van der Waals surface area contributed by atoms with Crippen molar-refractivity contribution in [1.29, 1.82) is 0 Å². The third-order valence-corrected chi connectivity index (χ3v) is 5.11. The average Bonchev–Trinajstić information content (AvgIpc) is 2.68. The number of aliphatic hydroxyl groups is 1. The number of hydrogen-bond acceptors (Lipinski definition) is 4. The van der Waals surface area contributed by atoms with Gasteiger partial charge in [0.2, 0.25) is 5.91 Å². The predicted octanol–water partition coefficient (Wildman–Crippen LogP) is 4.90. The van der Waals surface area contributed by atoms with Crippen LogP contribution in [0.2, 0.25) is 0 Å². The third kappa shape index (κ3) is 15.6. The van der Waals surface area contributed by atoms with Crippen molar-refractivity contribution in [3.63, 3.8) is 0 Å². The molecule has 0 aliphatic heterocycles. The maximum absolute atomic E-state index is 11.8. The van der Waals surface area contributed by atoms with Crippen molar-refractivity contribution < 1.29 is 19.4 Å². The fraction of sp³-hybridized carbons (Fsp3) is 0.909. The van der Waals surface area contributed by atoms with Gasteiger partial charge in [-0.15, -0.1) is 0 Å². The summed E-state index contributed by atoms with van der Waals surface area (Å²) in [6.45, 7) is 4.05. The number of carbonyl (C=O) groups is 2. The van der Waals surface area contributed by atoms with Crippen molar-refractivity contribution in [2.45, 2.75) is 122 Å². The summed E-state index contributed by atoms with van der Waals surface area (Å²) >= 11 is 0. The van der Waals surface area contributed by atoms with E-state index in [-0.39, 0.29) is 17.9 Å². The lowest BCUT2D eigenvalue weighted by Crippen LogP contribution is -2.43. The van der Waals surface area contributed by atoms with E-state index in [1.165, 1.54) is 32.8 Å². The second kappa shape index (κ2) is 18.3. The summed E-state index contributed by atoms with van der Waals surface area (Å²) in [6.07, 6.45) is 14.3. The molecule has 0 rings (SSSR count). The van der Waals surface area contributed by atoms with Gasteiger partial charge in [-0.1, -0.05) is 78.1 Å². The Balaban J connectivity index is 4.01. The van der Waals surface area contributed by atoms with E-state index in [9.17, 15) is 14.7 Å². The molecular formula is C22H43NO4. The van der Waals surface area contributed by atoms with Crippen LogP contribution < -0.4 is 5.32 Å². The van der Waals surface area contributed by atoms with E-state index in [0.717, 1.165) is 57.8 Å². The van der Waals surface area contributed by atoms with Gasteiger partial charge >= 0.3 is 5.97 Å². The van der Waals surface area contributed by atoms with Crippen molar-refractivity contribution in [2.75, 3.05) is 7.11 Å². The van der Waals surface area contributed by atoms with Gasteiger partial charge in [0.25, 0.3) is 0 Å². The molecule has 5 nitrogen and oxygen atoms in total. The van der Waals surface area contributed by atoms with Crippen LogP contribution in [0.1, 0.15) is 110 Å². The quantitative estimate of drug-likeness (QED) is 0.260. The van der Waals surface area contributed by atoms with E-state index in [0.29, 0.717) is 12.8 Å². The topological polar surface area (TPSA) is 75.6 Å². The minimum absolute atomic E-state index is 0.0140. The van der Waals surface area contributed by atoms with Crippen LogP contribution in [0.3, 0.4) is 0 Å². The van der Waals surface area contributed by atoms with Gasteiger partial charge in [0, 0.05) is 12.8 Å². The van der Waals surface area contributed by atoms with Crippen LogP contribution in [-0.2, 0) is 14.3 Å². The number of amides is 1. The van der Waals surface area contributed by atoms with E-state index in [2.05, 4.69) is 17.0 Å². The molecule has 0 aliphatic rings. The van der Waals surface area contributed by atoms with Crippen molar-refractivity contribution in [3.8, 4) is 0 Å². The number of methoxy groups -OCH3 is 1. The zero-order chi connectivity index (χ0) is 20.3. The van der Waals surface area contributed by atoms with Crippen LogP contribution in [0.15, 0.2) is 0 Å². The Morgan fingerprint density at radius 2 is 1.41 bits per heavy atom. The van der Waals surface area contributed by atoms with Gasteiger partial charge < -0.3 is 15.2 Å². The maximum atomic E-state index is 11.8. The van der Waals surface area contributed by atoms with Crippen molar-refractivity contribution in [3.05, 3.63) is 0 Å². The van der Waals surface area contributed by atoms with Gasteiger partial charge in [-0.25, -0.2) is 0 Å². The SMILES string of the molecule is CCCCCCCCC(O)C(CCCCCCCC(=O)OC)NC(=O)CC. The molecule has 5 heteroatoms. The van der Waals surface area contributed by atoms with Gasteiger partial charge in [-0.05, 0) is 19.3 Å². The number of hydrogen-bond donors (Lipinski definition) is 2. The van der Waals surface area contributed by atoms with Crippen LogP contribution in [0, 0.1) is 0 Å². The first kappa shape index (κ1) is 25.9. The van der Waals surface area contributed by atoms with Crippen LogP contribution >= 0.6 is 0 Å². The first-order valence-corrected chi connectivity index (χ1v) is 11.1. The summed E-state index contributed by atoms with van der Waals surface area (Å²) in [6, 6.07) is -0.136. The molecule has 0 saturated heterocycles. The molecular weight excluding hydrogens is 342 g/mol. The molecule has 160 valence electrons. The molecule has 0 bridgehead atoms. The number of aliphatic hydroxyl groups excluding tert-OH is 1. The van der Waals surface area contributed by atoms with E-state index in [1.807, 2.05) is 6.92 Å². The Morgan fingerprint density at radius 1 is 0.852 bits per heavy atom. The molecule has 0 radical (unpaired) electrons. The first-order chi connectivity index (χ1) is 13.0. The van der Waals surface area contributed by atoms with Crippen molar-refractivity contribution in [1.82, 2.24) is 5.32 Å². The summed E-state index contributed by atoms with van der Waals surface area (Å²) in [5.41, 5.74) is 0. The Kier molecular flexibility index (Phi) is 17.5. The summed E-state index contributed by atoms with van der Waals surface area (Å²) in [4.78, 5) is 22.8. The zero-order valence-corrected chi connectivity index (χ0v) is 17.9. The number of esters is 1. The number of nitrogens with one attached hydrogen (secondary N) is 1. The third-order valence-electron chi connectivity index (χ3n) is 5.11. The van der Waals surface area contributed by atoms with Gasteiger partial charge in [0.05, 0.1) is 19.3 Å². The summed E-state index contributed by atoms with van der Waals surface area (Å²) in [5.74, 6) is -0.129. The highest BCUT2D eigenvalue weighted by Crippen LogP contribution is 2.15. The Hall–Kier alpha value is -1.10. The highest BCUT2D eigenvalue weighted by molar-refractivity contribution is 5.75. The molecule has 27 heavy (non-hydrogen) atoms. The van der Waals surface area contributed by atoms with E-state index >= 15 is 0 Å². The van der Waals surface area contributed by atoms with Gasteiger partial charge in [-0.2, -0.15) is 0 Å². The number of carbonyl (C=O) groups excluding carboxylic acids is 2. The molecule has 2 N–H and O–H groups in total. The van der Waals surface area contributed by atoms with Gasteiger partial charge in [0.15, 0.2) is 0 Å². The molecule has 2 unspecified atom stereocenters. The molecule has 2 atom stereocenters.